The summed E-state index contributed by atoms with van der Waals surface area (Å²) in [7, 11) is 1.62. The molecule has 0 N–H and O–H groups in total. The maximum atomic E-state index is 13.0. The van der Waals surface area contributed by atoms with Gasteiger partial charge in [0.05, 0.1) is 13.2 Å². The number of halogens is 1. The number of ether oxygens (including phenoxy) is 1. The number of likely N-dealkylation sites (tertiary alicyclic amines) is 1. The van der Waals surface area contributed by atoms with E-state index in [-0.39, 0.29) is 11.9 Å². The van der Waals surface area contributed by atoms with E-state index in [0.29, 0.717) is 23.0 Å². The van der Waals surface area contributed by atoms with E-state index < -0.39 is 0 Å². The molecule has 1 aliphatic rings. The lowest BCUT2D eigenvalue weighted by molar-refractivity contribution is 0.0725. The van der Waals surface area contributed by atoms with Crippen molar-refractivity contribution in [3.8, 4) is 17.1 Å². The second-order valence-electron chi connectivity index (χ2n) is 6.51. The number of nitrogens with zero attached hydrogens (tertiary/aromatic N) is 2. The van der Waals surface area contributed by atoms with E-state index in [0.717, 1.165) is 29.7 Å². The Bertz CT molecular complexity index is 935. The Morgan fingerprint density at radius 1 is 1.19 bits per heavy atom. The third-order valence-corrected chi connectivity index (χ3v) is 5.12. The Morgan fingerprint density at radius 2 is 1.93 bits per heavy atom. The van der Waals surface area contributed by atoms with Crippen LogP contribution in [0.25, 0.3) is 11.3 Å². The SMILES string of the molecule is COc1ccc(-c2cc(C(=O)N3CCCC3c3ccc(Cl)cc3)no2)cc1. The normalized spacial score (nSPS) is 16.5. The van der Waals surface area contributed by atoms with Crippen LogP contribution in [0.1, 0.15) is 34.9 Å². The number of carbonyl (C=O) groups excluding carboxylic acids is 1. The zero-order chi connectivity index (χ0) is 18.8. The van der Waals surface area contributed by atoms with Gasteiger partial charge in [-0.25, -0.2) is 0 Å². The molecule has 1 atom stereocenters. The minimum absolute atomic E-state index is 0.0379. The van der Waals surface area contributed by atoms with Crippen LogP contribution < -0.4 is 4.74 Å². The average Bonchev–Trinajstić information content (AvgIpc) is 3.38. The molecule has 0 spiro atoms. The number of hydrogen-bond acceptors (Lipinski definition) is 4. The van der Waals surface area contributed by atoms with Crippen molar-refractivity contribution in [3.05, 3.63) is 70.9 Å². The number of hydrogen-bond donors (Lipinski definition) is 0. The lowest BCUT2D eigenvalue weighted by Crippen LogP contribution is -2.30. The highest BCUT2D eigenvalue weighted by atomic mass is 35.5. The summed E-state index contributed by atoms with van der Waals surface area (Å²) in [6.07, 6.45) is 1.89. The van der Waals surface area contributed by atoms with Gasteiger partial charge in [0.2, 0.25) is 0 Å². The third-order valence-electron chi connectivity index (χ3n) is 4.87. The molecular formula is C21H19ClN2O3. The minimum atomic E-state index is -0.115. The minimum Gasteiger partial charge on any atom is -0.497 e. The van der Waals surface area contributed by atoms with Gasteiger partial charge < -0.3 is 14.2 Å². The van der Waals surface area contributed by atoms with Gasteiger partial charge in [-0.2, -0.15) is 0 Å². The second kappa shape index (κ2) is 7.45. The molecule has 2 heterocycles. The van der Waals surface area contributed by atoms with Crippen LogP contribution in [0, 0.1) is 0 Å². The summed E-state index contributed by atoms with van der Waals surface area (Å²) < 4.78 is 10.6. The van der Waals surface area contributed by atoms with Crippen LogP contribution >= 0.6 is 11.6 Å². The van der Waals surface area contributed by atoms with Gasteiger partial charge in [-0.1, -0.05) is 28.9 Å². The monoisotopic (exact) mass is 382 g/mol. The molecule has 1 amide bonds. The average molecular weight is 383 g/mol. The van der Waals surface area contributed by atoms with Crippen LogP contribution in [0.3, 0.4) is 0 Å². The molecule has 0 saturated carbocycles. The van der Waals surface area contributed by atoms with E-state index in [4.69, 9.17) is 20.9 Å². The molecule has 2 aromatic carbocycles. The number of carbonyl (C=O) groups is 1. The van der Waals surface area contributed by atoms with Crippen molar-refractivity contribution >= 4 is 17.5 Å². The number of methoxy groups -OCH3 is 1. The lowest BCUT2D eigenvalue weighted by atomic mass is 10.0. The van der Waals surface area contributed by atoms with Crippen LogP contribution in [0.15, 0.2) is 59.1 Å². The third kappa shape index (κ3) is 3.55. The summed E-state index contributed by atoms with van der Waals surface area (Å²) in [5.41, 5.74) is 2.25. The topological polar surface area (TPSA) is 55.6 Å². The number of rotatable bonds is 4. The molecule has 0 aliphatic carbocycles. The first kappa shape index (κ1) is 17.6. The summed E-state index contributed by atoms with van der Waals surface area (Å²) in [5.74, 6) is 1.21. The molecule has 1 fully saturated rings. The lowest BCUT2D eigenvalue weighted by Gasteiger charge is -2.24. The fourth-order valence-corrected chi connectivity index (χ4v) is 3.58. The van der Waals surface area contributed by atoms with E-state index >= 15 is 0 Å². The highest BCUT2D eigenvalue weighted by molar-refractivity contribution is 6.30. The molecule has 1 aliphatic heterocycles. The molecule has 4 rings (SSSR count). The van der Waals surface area contributed by atoms with E-state index in [9.17, 15) is 4.79 Å². The Labute approximate surface area is 162 Å². The fraction of sp³-hybridized carbons (Fsp3) is 0.238. The first-order valence-electron chi connectivity index (χ1n) is 8.83. The van der Waals surface area contributed by atoms with Crippen LogP contribution in [0.5, 0.6) is 5.75 Å². The Kier molecular flexibility index (Phi) is 4.86. The number of aromatic nitrogens is 1. The number of amides is 1. The molecule has 1 saturated heterocycles. The van der Waals surface area contributed by atoms with Crippen molar-refractivity contribution in [1.82, 2.24) is 10.1 Å². The van der Waals surface area contributed by atoms with Gasteiger partial charge in [0.1, 0.15) is 5.75 Å². The molecule has 1 unspecified atom stereocenters. The van der Waals surface area contributed by atoms with Gasteiger partial charge in [0, 0.05) is 23.2 Å². The van der Waals surface area contributed by atoms with E-state index in [1.165, 1.54) is 0 Å². The van der Waals surface area contributed by atoms with Gasteiger partial charge in [0.15, 0.2) is 11.5 Å². The summed E-state index contributed by atoms with van der Waals surface area (Å²) in [5, 5.41) is 4.69. The largest absolute Gasteiger partial charge is 0.497 e. The van der Waals surface area contributed by atoms with Crippen molar-refractivity contribution < 1.29 is 14.1 Å². The van der Waals surface area contributed by atoms with Crippen LogP contribution in [0.2, 0.25) is 5.02 Å². The zero-order valence-electron chi connectivity index (χ0n) is 14.9. The predicted molar refractivity (Wildman–Crippen MR) is 103 cm³/mol. The predicted octanol–water partition coefficient (Wildman–Crippen LogP) is 4.98. The zero-order valence-corrected chi connectivity index (χ0v) is 15.6. The fourth-order valence-electron chi connectivity index (χ4n) is 3.46. The van der Waals surface area contributed by atoms with Crippen LogP contribution in [-0.2, 0) is 0 Å². The summed E-state index contributed by atoms with van der Waals surface area (Å²) in [6.45, 7) is 0.705. The van der Waals surface area contributed by atoms with E-state index in [1.807, 2.05) is 53.4 Å². The van der Waals surface area contributed by atoms with Crippen molar-refractivity contribution in [2.24, 2.45) is 0 Å². The summed E-state index contributed by atoms with van der Waals surface area (Å²) in [6, 6.07) is 16.8. The van der Waals surface area contributed by atoms with Crippen molar-refractivity contribution in [3.63, 3.8) is 0 Å². The quantitative estimate of drug-likeness (QED) is 0.638. The Morgan fingerprint density at radius 3 is 2.63 bits per heavy atom. The molecule has 0 bridgehead atoms. The molecule has 6 heteroatoms. The molecule has 3 aromatic rings. The van der Waals surface area contributed by atoms with Crippen molar-refractivity contribution in [1.29, 1.82) is 0 Å². The maximum absolute atomic E-state index is 13.0. The molecule has 27 heavy (non-hydrogen) atoms. The molecule has 1 aromatic heterocycles. The van der Waals surface area contributed by atoms with Gasteiger partial charge in [-0.3, -0.25) is 4.79 Å². The highest BCUT2D eigenvalue weighted by Gasteiger charge is 2.32. The highest BCUT2D eigenvalue weighted by Crippen LogP contribution is 2.34. The standard InChI is InChI=1S/C21H19ClN2O3/c1-26-17-10-6-15(7-11-17)20-13-18(23-27-20)21(25)24-12-2-3-19(24)14-4-8-16(22)9-5-14/h4-11,13,19H,2-3,12H2,1H3. The first-order chi connectivity index (χ1) is 13.2. The molecular weight excluding hydrogens is 364 g/mol. The van der Waals surface area contributed by atoms with Crippen LogP contribution in [0.4, 0.5) is 0 Å². The number of benzene rings is 2. The second-order valence-corrected chi connectivity index (χ2v) is 6.95. The Hall–Kier alpha value is -2.79. The molecule has 5 nitrogen and oxygen atoms in total. The Balaban J connectivity index is 1.55. The first-order valence-corrected chi connectivity index (χ1v) is 9.21. The van der Waals surface area contributed by atoms with Gasteiger partial charge in [-0.15, -0.1) is 0 Å². The maximum Gasteiger partial charge on any atom is 0.276 e. The molecule has 138 valence electrons. The summed E-state index contributed by atoms with van der Waals surface area (Å²) >= 11 is 5.98. The van der Waals surface area contributed by atoms with Gasteiger partial charge in [-0.05, 0) is 54.8 Å². The smallest absolute Gasteiger partial charge is 0.276 e. The van der Waals surface area contributed by atoms with Gasteiger partial charge in [0.25, 0.3) is 5.91 Å². The van der Waals surface area contributed by atoms with Crippen molar-refractivity contribution in [2.45, 2.75) is 18.9 Å². The van der Waals surface area contributed by atoms with Crippen LogP contribution in [-0.4, -0.2) is 29.6 Å². The van der Waals surface area contributed by atoms with E-state index in [1.54, 1.807) is 13.2 Å². The van der Waals surface area contributed by atoms with E-state index in [2.05, 4.69) is 5.16 Å². The molecule has 0 radical (unpaired) electrons. The summed E-state index contributed by atoms with van der Waals surface area (Å²) in [4.78, 5) is 14.9. The van der Waals surface area contributed by atoms with Gasteiger partial charge >= 0.3 is 0 Å². The van der Waals surface area contributed by atoms with Crippen molar-refractivity contribution in [2.75, 3.05) is 13.7 Å².